The van der Waals surface area contributed by atoms with E-state index in [4.69, 9.17) is 19.4 Å². The fourth-order valence-electron chi connectivity index (χ4n) is 4.14. The quantitative estimate of drug-likeness (QED) is 0.642. The summed E-state index contributed by atoms with van der Waals surface area (Å²) in [6.45, 7) is 5.30. The van der Waals surface area contributed by atoms with E-state index in [9.17, 15) is 13.7 Å². The number of anilines is 1. The number of nitrogens with zero attached hydrogens (tertiary/aromatic N) is 4. The molecule has 0 amide bonds. The van der Waals surface area contributed by atoms with Crippen LogP contribution in [0.2, 0.25) is 0 Å². The molecule has 1 saturated heterocycles. The zero-order chi connectivity index (χ0) is 22.7. The number of aromatic nitrogens is 3. The maximum atomic E-state index is 12.7. The highest BCUT2D eigenvalue weighted by molar-refractivity contribution is 7.91. The summed E-state index contributed by atoms with van der Waals surface area (Å²) in [5.74, 6) is 1.31. The third kappa shape index (κ3) is 3.12. The average Bonchev–Trinajstić information content (AvgIpc) is 3.25. The molecule has 2 aromatic heterocycles. The van der Waals surface area contributed by atoms with Crippen LogP contribution < -0.4 is 9.64 Å². The van der Waals surface area contributed by atoms with Gasteiger partial charge in [-0.3, -0.25) is 0 Å². The maximum absolute atomic E-state index is 12.7. The van der Waals surface area contributed by atoms with Gasteiger partial charge in [0.15, 0.2) is 27.2 Å². The zero-order valence-corrected chi connectivity index (χ0v) is 18.9. The van der Waals surface area contributed by atoms with E-state index in [1.807, 2.05) is 6.07 Å². The van der Waals surface area contributed by atoms with Gasteiger partial charge in [0.2, 0.25) is 0 Å². The summed E-state index contributed by atoms with van der Waals surface area (Å²) >= 11 is 0. The molecular formula is C22H23N5O4S. The summed E-state index contributed by atoms with van der Waals surface area (Å²) < 4.78 is 35.8. The van der Waals surface area contributed by atoms with Crippen molar-refractivity contribution in [1.82, 2.24) is 15.0 Å². The topological polar surface area (TPSA) is 121 Å². The van der Waals surface area contributed by atoms with Crippen molar-refractivity contribution in [2.45, 2.75) is 24.6 Å². The van der Waals surface area contributed by atoms with E-state index in [1.54, 1.807) is 32.2 Å². The van der Waals surface area contributed by atoms with Crippen molar-refractivity contribution < 1.29 is 17.9 Å². The third-order valence-corrected chi connectivity index (χ3v) is 8.35. The normalized spacial score (nSPS) is 18.6. The SMILES string of the molecule is CC(C)(c1nc(-c2cc(C#N)cc3[nH]ccc23)nc2c1OC[C@@H]1COCCN21)S(C)(=O)=O. The van der Waals surface area contributed by atoms with E-state index in [-0.39, 0.29) is 6.04 Å². The highest BCUT2D eigenvalue weighted by Crippen LogP contribution is 2.44. The number of ether oxygens (including phenoxy) is 2. The van der Waals surface area contributed by atoms with Gasteiger partial charge in [0, 0.05) is 35.5 Å². The number of nitrogens with one attached hydrogen (secondary N) is 1. The number of hydrogen-bond acceptors (Lipinski definition) is 8. The summed E-state index contributed by atoms with van der Waals surface area (Å²) in [6, 6.07) is 7.55. The second kappa shape index (κ2) is 7.18. The van der Waals surface area contributed by atoms with Crippen LogP contribution in [-0.2, 0) is 19.3 Å². The van der Waals surface area contributed by atoms with Crippen LogP contribution in [0.4, 0.5) is 5.82 Å². The minimum absolute atomic E-state index is 0.00841. The number of H-pyrrole nitrogens is 1. The lowest BCUT2D eigenvalue weighted by atomic mass is 10.0. The second-order valence-electron chi connectivity index (χ2n) is 8.64. The zero-order valence-electron chi connectivity index (χ0n) is 18.0. The lowest BCUT2D eigenvalue weighted by molar-refractivity contribution is 0.0691. The molecule has 166 valence electrons. The number of hydrogen-bond donors (Lipinski definition) is 1. The van der Waals surface area contributed by atoms with Crippen LogP contribution in [0.1, 0.15) is 25.1 Å². The Hall–Kier alpha value is -3.16. The van der Waals surface area contributed by atoms with E-state index in [0.29, 0.717) is 60.6 Å². The Labute approximate surface area is 185 Å². The standard InChI is InChI=1S/C22H23N5O4S/c1-22(2,32(3,28)29)19-18-21(27-6-7-30-11-14(27)12-31-18)26-20(25-19)16-8-13(10-23)9-17-15(16)4-5-24-17/h4-5,8-9,14,24H,6-7,11-12H2,1-3H3/t14-/m0/s1. The minimum atomic E-state index is -3.53. The van der Waals surface area contributed by atoms with E-state index in [2.05, 4.69) is 16.0 Å². The first-order chi connectivity index (χ1) is 15.2. The maximum Gasteiger partial charge on any atom is 0.185 e. The smallest absolute Gasteiger partial charge is 0.185 e. The average molecular weight is 454 g/mol. The van der Waals surface area contributed by atoms with Gasteiger partial charge in [-0.2, -0.15) is 5.26 Å². The lowest BCUT2D eigenvalue weighted by Crippen LogP contribution is -2.52. The summed E-state index contributed by atoms with van der Waals surface area (Å²) in [5.41, 5.74) is 2.21. The van der Waals surface area contributed by atoms with Gasteiger partial charge >= 0.3 is 0 Å². The predicted octanol–water partition coefficient (Wildman–Crippen LogP) is 2.37. The van der Waals surface area contributed by atoms with Crippen molar-refractivity contribution in [3.05, 3.63) is 35.7 Å². The molecule has 0 spiro atoms. The van der Waals surface area contributed by atoms with Gasteiger partial charge in [-0.15, -0.1) is 0 Å². The second-order valence-corrected chi connectivity index (χ2v) is 11.2. The molecule has 2 aliphatic heterocycles. The molecule has 0 aliphatic carbocycles. The predicted molar refractivity (Wildman–Crippen MR) is 119 cm³/mol. The molecule has 5 rings (SSSR count). The van der Waals surface area contributed by atoms with Crippen LogP contribution >= 0.6 is 0 Å². The number of benzene rings is 1. The van der Waals surface area contributed by atoms with Crippen LogP contribution in [-0.4, -0.2) is 62.0 Å². The van der Waals surface area contributed by atoms with E-state index in [1.165, 1.54) is 6.26 Å². The Morgan fingerprint density at radius 3 is 2.84 bits per heavy atom. The molecule has 1 fully saturated rings. The summed E-state index contributed by atoms with van der Waals surface area (Å²) in [4.78, 5) is 14.8. The summed E-state index contributed by atoms with van der Waals surface area (Å²) in [7, 11) is -3.53. The molecule has 10 heteroatoms. The minimum Gasteiger partial charge on any atom is -0.486 e. The largest absolute Gasteiger partial charge is 0.486 e. The van der Waals surface area contributed by atoms with Gasteiger partial charge < -0.3 is 19.4 Å². The first kappa shape index (κ1) is 20.7. The molecule has 0 bridgehead atoms. The summed E-state index contributed by atoms with van der Waals surface area (Å²) in [5, 5.41) is 10.4. The molecule has 9 nitrogen and oxygen atoms in total. The molecule has 3 aromatic rings. The number of morpholine rings is 1. The molecule has 2 aliphatic rings. The van der Waals surface area contributed by atoms with Crippen LogP contribution in [0.15, 0.2) is 24.4 Å². The van der Waals surface area contributed by atoms with Gasteiger partial charge in [-0.25, -0.2) is 18.4 Å². The van der Waals surface area contributed by atoms with Crippen molar-refractivity contribution in [2.24, 2.45) is 0 Å². The van der Waals surface area contributed by atoms with Crippen molar-refractivity contribution in [2.75, 3.05) is 37.5 Å². The highest BCUT2D eigenvalue weighted by atomic mass is 32.2. The monoisotopic (exact) mass is 453 g/mol. The Kier molecular flexibility index (Phi) is 4.65. The first-order valence-corrected chi connectivity index (χ1v) is 12.2. The van der Waals surface area contributed by atoms with Crippen LogP contribution in [0.5, 0.6) is 5.75 Å². The van der Waals surface area contributed by atoms with Crippen LogP contribution in [0, 0.1) is 11.3 Å². The van der Waals surface area contributed by atoms with E-state index < -0.39 is 14.6 Å². The van der Waals surface area contributed by atoms with Gasteiger partial charge in [0.25, 0.3) is 0 Å². The lowest BCUT2D eigenvalue weighted by Gasteiger charge is -2.41. The Morgan fingerprint density at radius 2 is 2.09 bits per heavy atom. The number of aromatic amines is 1. The van der Waals surface area contributed by atoms with Gasteiger partial charge in [-0.05, 0) is 32.0 Å². The number of sulfone groups is 1. The molecule has 1 N–H and O–H groups in total. The Bertz CT molecular complexity index is 1370. The highest BCUT2D eigenvalue weighted by Gasteiger charge is 2.42. The summed E-state index contributed by atoms with van der Waals surface area (Å²) in [6.07, 6.45) is 2.98. The van der Waals surface area contributed by atoms with Gasteiger partial charge in [-0.1, -0.05) is 0 Å². The number of rotatable bonds is 3. The fraction of sp³-hybridized carbons (Fsp3) is 0.409. The van der Waals surface area contributed by atoms with E-state index in [0.717, 1.165) is 10.9 Å². The number of fused-ring (bicyclic) bond motifs is 4. The van der Waals surface area contributed by atoms with Gasteiger partial charge in [0.1, 0.15) is 17.0 Å². The van der Waals surface area contributed by atoms with Crippen molar-refractivity contribution in [3.63, 3.8) is 0 Å². The molecule has 32 heavy (non-hydrogen) atoms. The first-order valence-electron chi connectivity index (χ1n) is 10.3. The molecule has 0 saturated carbocycles. The third-order valence-electron chi connectivity index (χ3n) is 6.30. The van der Waals surface area contributed by atoms with E-state index >= 15 is 0 Å². The van der Waals surface area contributed by atoms with Crippen molar-refractivity contribution in [1.29, 1.82) is 5.26 Å². The number of nitriles is 1. The van der Waals surface area contributed by atoms with Gasteiger partial charge in [0.05, 0.1) is 30.9 Å². The molecule has 0 radical (unpaired) electrons. The van der Waals surface area contributed by atoms with Crippen LogP contribution in [0.25, 0.3) is 22.3 Å². The molecule has 1 atom stereocenters. The van der Waals surface area contributed by atoms with Crippen LogP contribution in [0.3, 0.4) is 0 Å². The molecular weight excluding hydrogens is 430 g/mol. The molecule has 0 unspecified atom stereocenters. The Morgan fingerprint density at radius 1 is 1.28 bits per heavy atom. The Balaban J connectivity index is 1.82. The molecule has 4 heterocycles. The molecule has 1 aromatic carbocycles. The van der Waals surface area contributed by atoms with Crippen molar-refractivity contribution >= 4 is 26.6 Å². The van der Waals surface area contributed by atoms with Crippen molar-refractivity contribution in [3.8, 4) is 23.2 Å². The fourth-order valence-corrected chi connectivity index (χ4v) is 4.63.